The third-order valence-electron chi connectivity index (χ3n) is 5.38. The highest BCUT2D eigenvalue weighted by atomic mass is 16.4. The van der Waals surface area contributed by atoms with E-state index < -0.39 is 53.8 Å². The number of nitrogens with two attached hydrogens (primary N) is 2. The molecule has 0 spiro atoms. The second-order valence-corrected chi connectivity index (χ2v) is 7.74. The molecule has 1 fully saturated rings. The molecule has 0 bridgehead atoms. The van der Waals surface area contributed by atoms with Crippen LogP contribution in [0.4, 0.5) is 0 Å². The fourth-order valence-corrected chi connectivity index (χ4v) is 3.23. The summed E-state index contributed by atoms with van der Waals surface area (Å²) in [5.41, 5.74) is 10.9. The van der Waals surface area contributed by atoms with E-state index in [1.54, 1.807) is 6.92 Å². The zero-order chi connectivity index (χ0) is 23.0. The molecule has 0 aromatic heterocycles. The Hall–Kier alpha value is -2.69. The first-order valence-electron chi connectivity index (χ1n) is 10.2. The molecular formula is C19H33N5O6. The van der Waals surface area contributed by atoms with Crippen molar-refractivity contribution in [2.45, 2.75) is 77.0 Å². The van der Waals surface area contributed by atoms with Crippen LogP contribution < -0.4 is 22.1 Å². The minimum Gasteiger partial charge on any atom is -0.480 e. The van der Waals surface area contributed by atoms with E-state index in [1.165, 1.54) is 11.8 Å². The molecular weight excluding hydrogens is 394 g/mol. The van der Waals surface area contributed by atoms with Gasteiger partial charge in [-0.15, -0.1) is 0 Å². The molecule has 1 aliphatic rings. The maximum absolute atomic E-state index is 13.2. The van der Waals surface area contributed by atoms with Crippen molar-refractivity contribution < 1.29 is 29.1 Å². The molecule has 0 aromatic rings. The fraction of sp³-hybridized carbons (Fsp3) is 0.737. The Kier molecular flexibility index (Phi) is 9.70. The van der Waals surface area contributed by atoms with E-state index in [2.05, 4.69) is 10.6 Å². The summed E-state index contributed by atoms with van der Waals surface area (Å²) in [5, 5.41) is 14.0. The number of amides is 4. The van der Waals surface area contributed by atoms with Gasteiger partial charge in [-0.05, 0) is 32.1 Å². The molecule has 1 heterocycles. The molecule has 30 heavy (non-hydrogen) atoms. The van der Waals surface area contributed by atoms with E-state index >= 15 is 0 Å². The van der Waals surface area contributed by atoms with Crippen LogP contribution in [0.3, 0.4) is 0 Å². The molecule has 5 atom stereocenters. The summed E-state index contributed by atoms with van der Waals surface area (Å²) in [4.78, 5) is 61.4. The van der Waals surface area contributed by atoms with Crippen molar-refractivity contribution in [2.75, 3.05) is 6.54 Å². The van der Waals surface area contributed by atoms with Gasteiger partial charge in [0.1, 0.15) is 18.1 Å². The summed E-state index contributed by atoms with van der Waals surface area (Å²) in [6.07, 6.45) is 1.60. The summed E-state index contributed by atoms with van der Waals surface area (Å²) in [5.74, 6) is -3.51. The van der Waals surface area contributed by atoms with Gasteiger partial charge in [-0.3, -0.25) is 24.0 Å². The van der Waals surface area contributed by atoms with E-state index in [0.29, 0.717) is 25.8 Å². The SMILES string of the molecule is CCC(C)C(NC(=O)C(N)CCC(N)=O)C(=O)N1CCCC1C(=O)NC(C)C(=O)O. The van der Waals surface area contributed by atoms with Gasteiger partial charge in [0.05, 0.1) is 6.04 Å². The van der Waals surface area contributed by atoms with E-state index in [1.807, 2.05) is 6.92 Å². The predicted molar refractivity (Wildman–Crippen MR) is 108 cm³/mol. The van der Waals surface area contributed by atoms with Crippen LogP contribution >= 0.6 is 0 Å². The first-order valence-corrected chi connectivity index (χ1v) is 10.2. The lowest BCUT2D eigenvalue weighted by Crippen LogP contribution is -2.58. The number of rotatable bonds is 11. The zero-order valence-electron chi connectivity index (χ0n) is 17.7. The van der Waals surface area contributed by atoms with Crippen molar-refractivity contribution in [3.63, 3.8) is 0 Å². The molecule has 7 N–H and O–H groups in total. The third-order valence-corrected chi connectivity index (χ3v) is 5.38. The van der Waals surface area contributed by atoms with E-state index in [4.69, 9.17) is 16.6 Å². The second-order valence-electron chi connectivity index (χ2n) is 7.74. The lowest BCUT2D eigenvalue weighted by molar-refractivity contribution is -0.145. The van der Waals surface area contributed by atoms with Crippen LogP contribution in [0.25, 0.3) is 0 Å². The molecule has 0 aromatic carbocycles. The van der Waals surface area contributed by atoms with E-state index in [0.717, 1.165) is 0 Å². The van der Waals surface area contributed by atoms with Crippen LogP contribution in [0, 0.1) is 5.92 Å². The number of likely N-dealkylation sites (tertiary alicyclic amines) is 1. The Bertz CT molecular complexity index is 670. The monoisotopic (exact) mass is 427 g/mol. The molecule has 11 nitrogen and oxygen atoms in total. The maximum Gasteiger partial charge on any atom is 0.325 e. The number of hydrogen-bond acceptors (Lipinski definition) is 6. The summed E-state index contributed by atoms with van der Waals surface area (Å²) in [6, 6.07) is -3.77. The number of carbonyl (C=O) groups is 5. The fourth-order valence-electron chi connectivity index (χ4n) is 3.23. The second kappa shape index (κ2) is 11.5. The first kappa shape index (κ1) is 25.3. The third kappa shape index (κ3) is 6.97. The molecule has 5 unspecified atom stereocenters. The van der Waals surface area contributed by atoms with Crippen LogP contribution in [0.1, 0.15) is 52.9 Å². The van der Waals surface area contributed by atoms with Crippen LogP contribution in [-0.2, 0) is 24.0 Å². The van der Waals surface area contributed by atoms with Gasteiger partial charge in [0.25, 0.3) is 0 Å². The van der Waals surface area contributed by atoms with Crippen molar-refractivity contribution in [3.05, 3.63) is 0 Å². The minimum absolute atomic E-state index is 0.0489. The molecule has 1 aliphatic heterocycles. The Morgan fingerprint density at radius 2 is 1.80 bits per heavy atom. The Morgan fingerprint density at radius 3 is 2.33 bits per heavy atom. The molecule has 1 saturated heterocycles. The molecule has 1 rings (SSSR count). The van der Waals surface area contributed by atoms with Crippen LogP contribution in [0.5, 0.6) is 0 Å². The van der Waals surface area contributed by atoms with Gasteiger partial charge in [0.2, 0.25) is 23.6 Å². The lowest BCUT2D eigenvalue weighted by atomic mass is 9.96. The topological polar surface area (TPSA) is 185 Å². The lowest BCUT2D eigenvalue weighted by Gasteiger charge is -2.32. The van der Waals surface area contributed by atoms with E-state index in [-0.39, 0.29) is 18.8 Å². The number of primary amides is 1. The number of carbonyl (C=O) groups excluding carboxylic acids is 4. The molecule has 0 aliphatic carbocycles. The number of nitrogens with zero attached hydrogens (tertiary/aromatic N) is 1. The Morgan fingerprint density at radius 1 is 1.17 bits per heavy atom. The Labute approximate surface area is 175 Å². The molecule has 11 heteroatoms. The standard InChI is InChI=1S/C19H33N5O6/c1-4-10(2)15(23-16(26)12(20)7-8-14(21)25)18(28)24-9-5-6-13(24)17(27)22-11(3)19(29)30/h10-13,15H,4-9,20H2,1-3H3,(H2,21,25)(H,22,27)(H,23,26)(H,29,30). The van der Waals surface area contributed by atoms with Gasteiger partial charge in [0.15, 0.2) is 0 Å². The number of carboxylic acids is 1. The van der Waals surface area contributed by atoms with Crippen molar-refractivity contribution in [1.82, 2.24) is 15.5 Å². The van der Waals surface area contributed by atoms with Gasteiger partial charge in [-0.25, -0.2) is 0 Å². The van der Waals surface area contributed by atoms with Gasteiger partial charge < -0.3 is 32.1 Å². The molecule has 0 radical (unpaired) electrons. The first-order chi connectivity index (χ1) is 14.0. The van der Waals surface area contributed by atoms with Crippen molar-refractivity contribution >= 4 is 29.6 Å². The average molecular weight is 428 g/mol. The predicted octanol–water partition coefficient (Wildman–Crippen LogP) is -1.31. The maximum atomic E-state index is 13.2. The van der Waals surface area contributed by atoms with Gasteiger partial charge in [-0.2, -0.15) is 0 Å². The average Bonchev–Trinajstić information content (AvgIpc) is 3.18. The highest BCUT2D eigenvalue weighted by Gasteiger charge is 2.40. The van der Waals surface area contributed by atoms with Gasteiger partial charge in [0, 0.05) is 13.0 Å². The normalized spacial score (nSPS) is 20.0. The quantitative estimate of drug-likeness (QED) is 0.271. The summed E-state index contributed by atoms with van der Waals surface area (Å²) >= 11 is 0. The molecule has 0 saturated carbocycles. The van der Waals surface area contributed by atoms with Gasteiger partial charge in [-0.1, -0.05) is 20.3 Å². The van der Waals surface area contributed by atoms with Crippen molar-refractivity contribution in [1.29, 1.82) is 0 Å². The molecule has 170 valence electrons. The van der Waals surface area contributed by atoms with E-state index in [9.17, 15) is 24.0 Å². The summed E-state index contributed by atoms with van der Waals surface area (Å²) < 4.78 is 0. The van der Waals surface area contributed by atoms with Crippen LogP contribution in [0.15, 0.2) is 0 Å². The van der Waals surface area contributed by atoms with Crippen LogP contribution in [-0.4, -0.2) is 70.3 Å². The van der Waals surface area contributed by atoms with Gasteiger partial charge >= 0.3 is 5.97 Å². The Balaban J connectivity index is 2.91. The highest BCUT2D eigenvalue weighted by Crippen LogP contribution is 2.21. The van der Waals surface area contributed by atoms with Crippen molar-refractivity contribution in [2.24, 2.45) is 17.4 Å². The number of nitrogens with one attached hydrogen (secondary N) is 2. The molecule has 4 amide bonds. The van der Waals surface area contributed by atoms with Crippen molar-refractivity contribution in [3.8, 4) is 0 Å². The summed E-state index contributed by atoms with van der Waals surface area (Å²) in [6.45, 7) is 5.34. The largest absolute Gasteiger partial charge is 0.480 e. The minimum atomic E-state index is -1.17. The number of hydrogen-bond donors (Lipinski definition) is 5. The smallest absolute Gasteiger partial charge is 0.325 e. The van der Waals surface area contributed by atoms with Crippen LogP contribution in [0.2, 0.25) is 0 Å². The summed E-state index contributed by atoms with van der Waals surface area (Å²) in [7, 11) is 0. The highest BCUT2D eigenvalue weighted by molar-refractivity contribution is 5.94. The number of aliphatic carboxylic acids is 1. The number of carboxylic acid groups (broad SMARTS) is 1. The zero-order valence-corrected chi connectivity index (χ0v) is 17.7.